The smallest absolute Gasteiger partial charge is 0.250 e. The molecule has 2 amide bonds. The summed E-state index contributed by atoms with van der Waals surface area (Å²) in [6, 6.07) is 14.7. The molecule has 0 fully saturated rings. The lowest BCUT2D eigenvalue weighted by molar-refractivity contribution is -0.125. The van der Waals surface area contributed by atoms with Crippen LogP contribution < -0.4 is 10.2 Å². The molecule has 1 N–H and O–H groups in total. The van der Waals surface area contributed by atoms with Gasteiger partial charge in [-0.2, -0.15) is 0 Å². The highest BCUT2D eigenvalue weighted by atomic mass is 35.5. The van der Waals surface area contributed by atoms with Gasteiger partial charge in [0.1, 0.15) is 5.54 Å². The fourth-order valence-corrected chi connectivity index (χ4v) is 4.73. The third-order valence-corrected chi connectivity index (χ3v) is 7.14. The van der Waals surface area contributed by atoms with Crippen LogP contribution in [0.25, 0.3) is 5.69 Å². The molecular formula is C24H27ClN6O2S. The van der Waals surface area contributed by atoms with Crippen molar-refractivity contribution in [3.05, 3.63) is 59.4 Å². The lowest BCUT2D eigenvalue weighted by Gasteiger charge is -2.42. The van der Waals surface area contributed by atoms with Gasteiger partial charge < -0.3 is 5.32 Å². The molecule has 10 heteroatoms. The Morgan fingerprint density at radius 2 is 1.82 bits per heavy atom. The van der Waals surface area contributed by atoms with Crippen molar-refractivity contribution < 1.29 is 9.59 Å². The molecule has 0 bridgehead atoms. The maximum atomic E-state index is 13.5. The van der Waals surface area contributed by atoms with E-state index in [2.05, 4.69) is 15.5 Å². The van der Waals surface area contributed by atoms with E-state index in [9.17, 15) is 9.59 Å². The van der Waals surface area contributed by atoms with Crippen LogP contribution in [0.2, 0.25) is 5.02 Å². The molecule has 1 aliphatic heterocycles. The number of aromatic nitrogens is 3. The molecule has 1 aromatic heterocycles. The van der Waals surface area contributed by atoms with E-state index < -0.39 is 5.54 Å². The molecule has 2 aromatic carbocycles. The monoisotopic (exact) mass is 498 g/mol. The van der Waals surface area contributed by atoms with Gasteiger partial charge in [0.05, 0.1) is 23.2 Å². The molecular weight excluding hydrogens is 472 g/mol. The quantitative estimate of drug-likeness (QED) is 0.507. The van der Waals surface area contributed by atoms with E-state index in [1.54, 1.807) is 24.8 Å². The van der Waals surface area contributed by atoms with E-state index in [0.717, 1.165) is 11.5 Å². The average Bonchev–Trinajstić information content (AvgIpc) is 3.22. The van der Waals surface area contributed by atoms with Gasteiger partial charge in [-0.25, -0.2) is 0 Å². The zero-order valence-corrected chi connectivity index (χ0v) is 21.3. The molecule has 34 heavy (non-hydrogen) atoms. The number of nitrogens with zero attached hydrogens (tertiary/aromatic N) is 5. The van der Waals surface area contributed by atoms with Crippen molar-refractivity contribution in [2.24, 2.45) is 0 Å². The third kappa shape index (κ3) is 4.43. The Kier molecular flexibility index (Phi) is 6.71. The van der Waals surface area contributed by atoms with Gasteiger partial charge >= 0.3 is 0 Å². The Morgan fingerprint density at radius 1 is 1.15 bits per heavy atom. The van der Waals surface area contributed by atoms with Crippen molar-refractivity contribution in [3.63, 3.8) is 0 Å². The highest BCUT2D eigenvalue weighted by molar-refractivity contribution is 7.99. The van der Waals surface area contributed by atoms with Crippen LogP contribution in [0.4, 0.5) is 11.4 Å². The number of para-hydroxylation sites is 2. The fourth-order valence-electron chi connectivity index (χ4n) is 3.80. The van der Waals surface area contributed by atoms with Crippen LogP contribution in [0.3, 0.4) is 0 Å². The second-order valence-electron chi connectivity index (χ2n) is 8.84. The van der Waals surface area contributed by atoms with E-state index in [0.29, 0.717) is 21.6 Å². The number of fused-ring (bicyclic) bond motifs is 1. The van der Waals surface area contributed by atoms with Crippen LogP contribution in [-0.4, -0.2) is 56.9 Å². The first kappa shape index (κ1) is 24.3. The van der Waals surface area contributed by atoms with Crippen molar-refractivity contribution in [2.75, 3.05) is 30.1 Å². The highest BCUT2D eigenvalue weighted by Gasteiger charge is 2.43. The molecule has 0 spiro atoms. The molecule has 178 valence electrons. The summed E-state index contributed by atoms with van der Waals surface area (Å²) in [5, 5.41) is 12.9. The number of benzene rings is 2. The average molecular weight is 499 g/mol. The molecule has 0 saturated heterocycles. The summed E-state index contributed by atoms with van der Waals surface area (Å²) >= 11 is 7.39. The molecule has 0 saturated carbocycles. The van der Waals surface area contributed by atoms with Crippen molar-refractivity contribution in [1.29, 1.82) is 0 Å². The van der Waals surface area contributed by atoms with Crippen LogP contribution in [-0.2, 0) is 9.59 Å². The van der Waals surface area contributed by atoms with Crippen LogP contribution in [0.5, 0.6) is 0 Å². The van der Waals surface area contributed by atoms with E-state index in [1.165, 1.54) is 11.8 Å². The Balaban J connectivity index is 1.66. The number of hydrogen-bond acceptors (Lipinski definition) is 6. The van der Waals surface area contributed by atoms with E-state index in [4.69, 9.17) is 11.6 Å². The molecule has 8 nitrogen and oxygen atoms in total. The summed E-state index contributed by atoms with van der Waals surface area (Å²) in [4.78, 5) is 29.8. The minimum absolute atomic E-state index is 0.00942. The zero-order chi connectivity index (χ0) is 24.6. The zero-order valence-electron chi connectivity index (χ0n) is 19.7. The lowest BCUT2D eigenvalue weighted by Crippen LogP contribution is -2.59. The molecule has 3 aromatic rings. The molecule has 0 unspecified atom stereocenters. The molecule has 1 atom stereocenters. The Bertz CT molecular complexity index is 1220. The van der Waals surface area contributed by atoms with Crippen molar-refractivity contribution in [1.82, 2.24) is 19.7 Å². The summed E-state index contributed by atoms with van der Waals surface area (Å²) in [5.74, 6) is 0.430. The Morgan fingerprint density at radius 3 is 2.50 bits per heavy atom. The number of thioether (sulfide) groups is 1. The van der Waals surface area contributed by atoms with Gasteiger partial charge in [-0.05, 0) is 71.3 Å². The number of carbonyl (C=O) groups excluding carboxylic acids is 2. The number of anilines is 2. The van der Waals surface area contributed by atoms with Crippen molar-refractivity contribution in [2.45, 2.75) is 37.5 Å². The van der Waals surface area contributed by atoms with Gasteiger partial charge in [0, 0.05) is 10.7 Å². The Hall–Kier alpha value is -2.88. The predicted octanol–water partition coefficient (Wildman–Crippen LogP) is 4.40. The van der Waals surface area contributed by atoms with Crippen LogP contribution in [0, 0.1) is 0 Å². The maximum Gasteiger partial charge on any atom is 0.250 e. The van der Waals surface area contributed by atoms with Gasteiger partial charge in [-0.1, -0.05) is 35.5 Å². The normalized spacial score (nSPS) is 15.7. The van der Waals surface area contributed by atoms with Crippen LogP contribution in [0.15, 0.2) is 53.7 Å². The third-order valence-electron chi connectivity index (χ3n) is 5.97. The second-order valence-corrected chi connectivity index (χ2v) is 10.2. The number of hydrogen-bond donors (Lipinski definition) is 1. The van der Waals surface area contributed by atoms with Gasteiger partial charge in [0.2, 0.25) is 11.8 Å². The number of rotatable bonds is 6. The minimum Gasteiger partial charge on any atom is -0.322 e. The topological polar surface area (TPSA) is 83.4 Å². The van der Waals surface area contributed by atoms with Crippen LogP contribution in [0.1, 0.15) is 32.6 Å². The maximum absolute atomic E-state index is 13.5. The largest absolute Gasteiger partial charge is 0.322 e. The molecule has 0 aliphatic carbocycles. The predicted molar refractivity (Wildman–Crippen MR) is 136 cm³/mol. The summed E-state index contributed by atoms with van der Waals surface area (Å²) in [7, 11) is 3.95. The lowest BCUT2D eigenvalue weighted by atomic mass is 9.96. The standard InChI is InChI=1S/C24H27ClN6O2S/c1-15(29(4)5)21-27-28-23(30(21)17-12-10-16(25)11-13-17)34-14-20(32)31-19-9-7-6-8-18(19)26-22(33)24(31,2)3/h6-13,15H,14H2,1-5H3,(H,26,33)/t15-/m0/s1. The van der Waals surface area contributed by atoms with E-state index in [-0.39, 0.29) is 23.6 Å². The van der Waals surface area contributed by atoms with Crippen LogP contribution >= 0.6 is 23.4 Å². The molecule has 0 radical (unpaired) electrons. The summed E-state index contributed by atoms with van der Waals surface area (Å²) in [6.45, 7) is 5.53. The second kappa shape index (κ2) is 9.40. The molecule has 2 heterocycles. The van der Waals surface area contributed by atoms with E-state index >= 15 is 0 Å². The van der Waals surface area contributed by atoms with E-state index in [1.807, 2.05) is 73.0 Å². The molecule has 4 rings (SSSR count). The SMILES string of the molecule is C[C@@H](c1nnc(SCC(=O)N2c3ccccc3NC(=O)C2(C)C)n1-c1ccc(Cl)cc1)N(C)C. The van der Waals surface area contributed by atoms with Crippen molar-refractivity contribution >= 4 is 46.6 Å². The van der Waals surface area contributed by atoms with Gasteiger partial charge in [0.25, 0.3) is 0 Å². The number of nitrogens with one attached hydrogen (secondary N) is 1. The Labute approximate surface area is 208 Å². The van der Waals surface area contributed by atoms with Crippen molar-refractivity contribution in [3.8, 4) is 5.69 Å². The summed E-state index contributed by atoms with van der Waals surface area (Å²) in [5.41, 5.74) is 1.13. The summed E-state index contributed by atoms with van der Waals surface area (Å²) in [6.07, 6.45) is 0. The fraction of sp³-hybridized carbons (Fsp3) is 0.333. The minimum atomic E-state index is -1.03. The number of carbonyl (C=O) groups is 2. The summed E-state index contributed by atoms with van der Waals surface area (Å²) < 4.78 is 1.95. The highest BCUT2D eigenvalue weighted by Crippen LogP contribution is 2.37. The van der Waals surface area contributed by atoms with Gasteiger partial charge in [-0.3, -0.25) is 24.0 Å². The van der Waals surface area contributed by atoms with Gasteiger partial charge in [-0.15, -0.1) is 10.2 Å². The first-order chi connectivity index (χ1) is 16.1. The first-order valence-corrected chi connectivity index (χ1v) is 12.2. The number of halogens is 1. The van der Waals surface area contributed by atoms with Gasteiger partial charge in [0.15, 0.2) is 11.0 Å². The number of amides is 2. The molecule has 1 aliphatic rings. The first-order valence-electron chi connectivity index (χ1n) is 10.8.